The van der Waals surface area contributed by atoms with Crippen molar-refractivity contribution < 1.29 is 19.7 Å². The highest BCUT2D eigenvalue weighted by Gasteiger charge is 2.15. The van der Waals surface area contributed by atoms with Crippen LogP contribution in [-0.2, 0) is 9.53 Å². The summed E-state index contributed by atoms with van der Waals surface area (Å²) >= 11 is 0. The minimum atomic E-state index is -0.382. The summed E-state index contributed by atoms with van der Waals surface area (Å²) in [7, 11) is 0. The number of aromatic hydroxyl groups is 2. The van der Waals surface area contributed by atoms with Gasteiger partial charge in [-0.2, -0.15) is 0 Å². The van der Waals surface area contributed by atoms with Crippen molar-refractivity contribution in [1.29, 1.82) is 0 Å². The molecule has 1 aromatic rings. The number of hydrogen-bond acceptors (Lipinski definition) is 4. The first-order valence-corrected chi connectivity index (χ1v) is 4.06. The molecule has 1 aliphatic heterocycles. The van der Waals surface area contributed by atoms with E-state index >= 15 is 0 Å². The van der Waals surface area contributed by atoms with E-state index < -0.39 is 0 Å². The highest BCUT2D eigenvalue weighted by molar-refractivity contribution is 5.96. The summed E-state index contributed by atoms with van der Waals surface area (Å²) in [6.45, 7) is 0.211. The molecule has 0 fully saturated rings. The van der Waals surface area contributed by atoms with Crippen LogP contribution in [0.25, 0.3) is 5.57 Å². The first-order valence-electron chi connectivity index (χ1n) is 4.06. The Morgan fingerprint density at radius 2 is 2.00 bits per heavy atom. The van der Waals surface area contributed by atoms with Crippen molar-refractivity contribution in [3.63, 3.8) is 0 Å². The van der Waals surface area contributed by atoms with Gasteiger partial charge in [0, 0.05) is 11.6 Å². The molecule has 2 N–H and O–H groups in total. The highest BCUT2D eigenvalue weighted by Crippen LogP contribution is 2.29. The lowest BCUT2D eigenvalue weighted by molar-refractivity contribution is -0.134. The van der Waals surface area contributed by atoms with Crippen molar-refractivity contribution in [2.45, 2.75) is 0 Å². The molecule has 1 aliphatic rings. The van der Waals surface area contributed by atoms with Crippen LogP contribution in [-0.4, -0.2) is 22.8 Å². The van der Waals surface area contributed by atoms with Gasteiger partial charge in [0.15, 0.2) is 11.5 Å². The van der Waals surface area contributed by atoms with Gasteiger partial charge in [-0.1, -0.05) is 6.07 Å². The lowest BCUT2D eigenvalue weighted by atomic mass is 10.1. The number of phenols is 2. The Morgan fingerprint density at radius 1 is 1.21 bits per heavy atom. The van der Waals surface area contributed by atoms with Gasteiger partial charge in [-0.25, -0.2) is 4.79 Å². The molecule has 72 valence electrons. The smallest absolute Gasteiger partial charge is 0.331 e. The quantitative estimate of drug-likeness (QED) is 0.515. The van der Waals surface area contributed by atoms with Crippen LogP contribution in [0.2, 0.25) is 0 Å². The number of carbonyl (C=O) groups is 1. The summed E-state index contributed by atoms with van der Waals surface area (Å²) in [5, 5.41) is 18.3. The average molecular weight is 192 g/mol. The summed E-state index contributed by atoms with van der Waals surface area (Å²) < 4.78 is 4.71. The molecule has 0 aliphatic carbocycles. The molecule has 0 radical (unpaired) electrons. The van der Waals surface area contributed by atoms with Crippen molar-refractivity contribution in [3.8, 4) is 11.5 Å². The fourth-order valence-corrected chi connectivity index (χ4v) is 1.26. The van der Waals surface area contributed by atoms with Gasteiger partial charge in [0.05, 0.1) is 0 Å². The highest BCUT2D eigenvalue weighted by atomic mass is 16.5. The molecule has 1 heterocycles. The molecule has 0 bridgehead atoms. The summed E-state index contributed by atoms with van der Waals surface area (Å²) in [5.74, 6) is -0.769. The Morgan fingerprint density at radius 3 is 2.57 bits per heavy atom. The normalized spacial score (nSPS) is 15.1. The van der Waals surface area contributed by atoms with E-state index in [2.05, 4.69) is 0 Å². The molecular weight excluding hydrogens is 184 g/mol. The van der Waals surface area contributed by atoms with Crippen LogP contribution in [0.15, 0.2) is 24.3 Å². The Labute approximate surface area is 80.1 Å². The molecule has 14 heavy (non-hydrogen) atoms. The largest absolute Gasteiger partial charge is 0.504 e. The van der Waals surface area contributed by atoms with Gasteiger partial charge in [-0.3, -0.25) is 0 Å². The van der Waals surface area contributed by atoms with Crippen LogP contribution >= 0.6 is 0 Å². The number of cyclic esters (lactones) is 1. The first kappa shape index (κ1) is 8.62. The van der Waals surface area contributed by atoms with Gasteiger partial charge in [0.1, 0.15) is 6.61 Å². The topological polar surface area (TPSA) is 66.8 Å². The lowest BCUT2D eigenvalue weighted by Crippen LogP contribution is -1.91. The first-order chi connectivity index (χ1) is 6.66. The third kappa shape index (κ3) is 1.42. The molecule has 1 aromatic carbocycles. The molecule has 0 spiro atoms. The monoisotopic (exact) mass is 192 g/mol. The van der Waals surface area contributed by atoms with Crippen LogP contribution in [0.4, 0.5) is 0 Å². The average Bonchev–Trinajstić information content (AvgIpc) is 2.57. The Kier molecular flexibility index (Phi) is 1.89. The Bertz CT molecular complexity index is 420. The fraction of sp³-hybridized carbons (Fsp3) is 0.100. The summed E-state index contributed by atoms with van der Waals surface area (Å²) in [4.78, 5) is 10.8. The molecule has 0 saturated carbocycles. The van der Waals surface area contributed by atoms with Gasteiger partial charge < -0.3 is 14.9 Å². The zero-order valence-electron chi connectivity index (χ0n) is 7.23. The second kappa shape index (κ2) is 3.06. The van der Waals surface area contributed by atoms with Crippen molar-refractivity contribution in [2.24, 2.45) is 0 Å². The molecule has 0 atom stereocenters. The van der Waals surface area contributed by atoms with Crippen molar-refractivity contribution in [2.75, 3.05) is 6.61 Å². The van der Waals surface area contributed by atoms with Crippen molar-refractivity contribution in [3.05, 3.63) is 29.8 Å². The van der Waals surface area contributed by atoms with Crippen molar-refractivity contribution in [1.82, 2.24) is 0 Å². The standard InChI is InChI=1S/C10H8O4/c11-8-2-1-6(3-9(8)12)7-4-10(13)14-5-7/h1-4,11-12H,5H2. The van der Waals surface area contributed by atoms with E-state index in [1.54, 1.807) is 6.07 Å². The Hall–Kier alpha value is -1.97. The molecule has 0 aromatic heterocycles. The SMILES string of the molecule is O=C1C=C(c2ccc(O)c(O)c2)CO1. The van der Waals surface area contributed by atoms with Gasteiger partial charge in [-0.15, -0.1) is 0 Å². The number of phenolic OH excluding ortho intramolecular Hbond substituents is 2. The minimum Gasteiger partial charge on any atom is -0.504 e. The molecule has 0 unspecified atom stereocenters. The second-order valence-corrected chi connectivity index (χ2v) is 2.98. The zero-order valence-corrected chi connectivity index (χ0v) is 7.23. The van der Waals surface area contributed by atoms with E-state index in [0.717, 1.165) is 0 Å². The maximum Gasteiger partial charge on any atom is 0.331 e. The third-order valence-electron chi connectivity index (χ3n) is 2.01. The molecule has 0 amide bonds. The molecule has 4 heteroatoms. The molecule has 2 rings (SSSR count). The number of hydrogen-bond donors (Lipinski definition) is 2. The fourth-order valence-electron chi connectivity index (χ4n) is 1.26. The minimum absolute atomic E-state index is 0.181. The summed E-state index contributed by atoms with van der Waals surface area (Å²) in [5.41, 5.74) is 1.37. The second-order valence-electron chi connectivity index (χ2n) is 2.98. The Balaban J connectivity index is 2.38. The van der Waals surface area contributed by atoms with Gasteiger partial charge in [-0.05, 0) is 17.7 Å². The van der Waals surface area contributed by atoms with Crippen LogP contribution < -0.4 is 0 Å². The van der Waals surface area contributed by atoms with E-state index in [0.29, 0.717) is 11.1 Å². The van der Waals surface area contributed by atoms with Crippen LogP contribution in [0.5, 0.6) is 11.5 Å². The lowest BCUT2D eigenvalue weighted by Gasteiger charge is -2.02. The van der Waals surface area contributed by atoms with E-state index in [-0.39, 0.29) is 24.1 Å². The van der Waals surface area contributed by atoms with E-state index in [1.165, 1.54) is 18.2 Å². The van der Waals surface area contributed by atoms with E-state index in [1.807, 2.05) is 0 Å². The van der Waals surface area contributed by atoms with Crippen LogP contribution in [0.1, 0.15) is 5.56 Å². The van der Waals surface area contributed by atoms with Gasteiger partial charge in [0.25, 0.3) is 0 Å². The number of benzene rings is 1. The third-order valence-corrected chi connectivity index (χ3v) is 2.01. The zero-order chi connectivity index (χ0) is 10.1. The number of rotatable bonds is 1. The maximum absolute atomic E-state index is 10.8. The van der Waals surface area contributed by atoms with E-state index in [9.17, 15) is 9.90 Å². The maximum atomic E-state index is 10.8. The molecular formula is C10H8O4. The summed E-state index contributed by atoms with van der Waals surface area (Å²) in [6, 6.07) is 4.38. The molecule has 4 nitrogen and oxygen atoms in total. The van der Waals surface area contributed by atoms with Crippen molar-refractivity contribution >= 4 is 11.5 Å². The van der Waals surface area contributed by atoms with Crippen LogP contribution in [0, 0.1) is 0 Å². The predicted molar refractivity (Wildman–Crippen MR) is 48.7 cm³/mol. The van der Waals surface area contributed by atoms with Gasteiger partial charge in [0.2, 0.25) is 0 Å². The van der Waals surface area contributed by atoms with Crippen LogP contribution in [0.3, 0.4) is 0 Å². The molecule has 0 saturated heterocycles. The summed E-state index contributed by atoms with van der Waals surface area (Å²) in [6.07, 6.45) is 1.37. The number of ether oxygens (including phenoxy) is 1. The number of carbonyl (C=O) groups excluding carboxylic acids is 1. The van der Waals surface area contributed by atoms with E-state index in [4.69, 9.17) is 9.84 Å². The number of esters is 1. The predicted octanol–water partition coefficient (Wildman–Crippen LogP) is 1.04. The van der Waals surface area contributed by atoms with Gasteiger partial charge >= 0.3 is 5.97 Å².